The summed E-state index contributed by atoms with van der Waals surface area (Å²) in [4.78, 5) is 14.7. The molecule has 0 saturated carbocycles. The van der Waals surface area contributed by atoms with Crippen molar-refractivity contribution in [3.05, 3.63) is 38.3 Å². The molecule has 0 atom stereocenters. The smallest absolute Gasteiger partial charge is 0.357 e. The number of hydrogen-bond donors (Lipinski definition) is 2. The van der Waals surface area contributed by atoms with Crippen molar-refractivity contribution in [2.24, 2.45) is 0 Å². The lowest BCUT2D eigenvalue weighted by Crippen LogP contribution is -2.01. The van der Waals surface area contributed by atoms with E-state index in [-0.39, 0.29) is 5.69 Å². The number of carboxylic acid groups (broad SMARTS) is 1. The van der Waals surface area contributed by atoms with E-state index in [1.807, 2.05) is 18.2 Å². The molecule has 1 aromatic heterocycles. The highest BCUT2D eigenvalue weighted by molar-refractivity contribution is 9.11. The average Bonchev–Trinajstić information content (AvgIpc) is 2.70. The van der Waals surface area contributed by atoms with Crippen molar-refractivity contribution in [2.75, 3.05) is 5.32 Å². The van der Waals surface area contributed by atoms with Crippen LogP contribution in [0, 0.1) is 0 Å². The number of halogens is 2. The summed E-state index contributed by atoms with van der Waals surface area (Å²) in [6.07, 6.45) is 0. The Kier molecular flexibility index (Phi) is 3.80. The third-order valence-corrected chi connectivity index (χ3v) is 3.84. The topological polar surface area (TPSA) is 62.2 Å². The van der Waals surface area contributed by atoms with Crippen LogP contribution in [0.15, 0.2) is 32.7 Å². The van der Waals surface area contributed by atoms with Crippen LogP contribution in [0.3, 0.4) is 0 Å². The van der Waals surface area contributed by atoms with Gasteiger partial charge in [-0.15, -0.1) is 11.3 Å². The van der Waals surface area contributed by atoms with Gasteiger partial charge in [0, 0.05) is 8.95 Å². The summed E-state index contributed by atoms with van der Waals surface area (Å²) in [7, 11) is 0. The Balaban J connectivity index is 2.31. The van der Waals surface area contributed by atoms with Crippen LogP contribution < -0.4 is 5.32 Å². The average molecular weight is 378 g/mol. The van der Waals surface area contributed by atoms with Gasteiger partial charge in [-0.3, -0.25) is 0 Å². The van der Waals surface area contributed by atoms with Gasteiger partial charge in [0.2, 0.25) is 0 Å². The fraction of sp³-hybridized carbons (Fsp3) is 0. The molecule has 0 aliphatic carbocycles. The maximum atomic E-state index is 10.9. The summed E-state index contributed by atoms with van der Waals surface area (Å²) in [5.41, 5.74) is 2.32. The third kappa shape index (κ3) is 2.85. The molecular weight excluding hydrogens is 372 g/mol. The van der Waals surface area contributed by atoms with Gasteiger partial charge in [-0.25, -0.2) is 9.78 Å². The van der Waals surface area contributed by atoms with E-state index < -0.39 is 5.97 Å². The van der Waals surface area contributed by atoms with Crippen LogP contribution in [0.5, 0.6) is 0 Å². The third-order valence-electron chi connectivity index (χ3n) is 1.95. The molecule has 88 valence electrons. The van der Waals surface area contributed by atoms with E-state index in [0.717, 1.165) is 14.6 Å². The molecule has 17 heavy (non-hydrogen) atoms. The highest BCUT2D eigenvalue weighted by Crippen LogP contribution is 2.31. The summed E-state index contributed by atoms with van der Waals surface area (Å²) >= 11 is 8.00. The maximum absolute atomic E-state index is 10.9. The molecule has 0 bridgehead atoms. The first-order chi connectivity index (χ1) is 8.08. The van der Waals surface area contributed by atoms with Gasteiger partial charge in [0.05, 0.1) is 11.2 Å². The normalized spacial score (nSPS) is 10.2. The number of carboxylic acids is 1. The van der Waals surface area contributed by atoms with Crippen molar-refractivity contribution in [1.29, 1.82) is 0 Å². The van der Waals surface area contributed by atoms with E-state index in [1.54, 1.807) is 0 Å². The van der Waals surface area contributed by atoms with Crippen LogP contribution in [-0.4, -0.2) is 16.1 Å². The van der Waals surface area contributed by atoms with Crippen LogP contribution in [-0.2, 0) is 0 Å². The van der Waals surface area contributed by atoms with E-state index in [0.29, 0.717) is 5.00 Å². The monoisotopic (exact) mass is 376 g/mol. The number of benzene rings is 1. The lowest BCUT2D eigenvalue weighted by atomic mass is 10.3. The van der Waals surface area contributed by atoms with Crippen LogP contribution in [0.1, 0.15) is 10.5 Å². The Labute approximate surface area is 118 Å². The summed E-state index contributed by atoms with van der Waals surface area (Å²) in [6.45, 7) is 0. The molecule has 1 heterocycles. The van der Waals surface area contributed by atoms with Gasteiger partial charge in [-0.2, -0.15) is 0 Å². The molecule has 2 N–H and O–H groups in total. The van der Waals surface area contributed by atoms with Crippen LogP contribution >= 0.6 is 43.2 Å². The predicted octanol–water partition coefficient (Wildman–Crippen LogP) is 4.11. The second kappa shape index (κ2) is 5.16. The summed E-state index contributed by atoms with van der Waals surface area (Å²) in [5, 5.41) is 12.5. The van der Waals surface area contributed by atoms with Gasteiger partial charge in [-0.05, 0) is 34.1 Å². The van der Waals surface area contributed by atoms with Gasteiger partial charge in [0.1, 0.15) is 5.00 Å². The number of rotatable bonds is 3. The first kappa shape index (κ1) is 12.5. The molecule has 7 heteroatoms. The van der Waals surface area contributed by atoms with Crippen molar-refractivity contribution < 1.29 is 9.90 Å². The van der Waals surface area contributed by atoms with Crippen molar-refractivity contribution >= 4 is 59.9 Å². The maximum Gasteiger partial charge on any atom is 0.357 e. The number of aromatic carboxylic acids is 1. The second-order valence-corrected chi connectivity index (χ2v) is 5.71. The minimum atomic E-state index is -1.04. The van der Waals surface area contributed by atoms with Gasteiger partial charge in [-0.1, -0.05) is 15.9 Å². The van der Waals surface area contributed by atoms with Gasteiger partial charge < -0.3 is 10.4 Å². The molecular formula is C10H6Br2N2O2S. The first-order valence-corrected chi connectivity index (χ1v) is 6.93. The Morgan fingerprint density at radius 2 is 2.18 bits per heavy atom. The summed E-state index contributed by atoms with van der Waals surface area (Å²) in [6, 6.07) is 5.60. The fourth-order valence-electron chi connectivity index (χ4n) is 1.20. The minimum Gasteiger partial charge on any atom is -0.476 e. The number of carbonyl (C=O) groups is 1. The number of aromatic nitrogens is 1. The number of thiazole rings is 1. The zero-order valence-electron chi connectivity index (χ0n) is 8.28. The van der Waals surface area contributed by atoms with Crippen LogP contribution in [0.4, 0.5) is 10.7 Å². The number of nitrogens with one attached hydrogen (secondary N) is 1. The van der Waals surface area contributed by atoms with E-state index >= 15 is 0 Å². The summed E-state index contributed by atoms with van der Waals surface area (Å²) < 4.78 is 1.79. The zero-order valence-corrected chi connectivity index (χ0v) is 12.3. The highest BCUT2D eigenvalue weighted by Gasteiger charge is 2.14. The van der Waals surface area contributed by atoms with Crippen molar-refractivity contribution in [2.45, 2.75) is 0 Å². The Bertz CT molecular complexity index is 571. The molecule has 0 unspecified atom stereocenters. The van der Waals surface area contributed by atoms with Crippen molar-refractivity contribution in [1.82, 2.24) is 4.98 Å². The van der Waals surface area contributed by atoms with Crippen LogP contribution in [0.2, 0.25) is 0 Å². The van der Waals surface area contributed by atoms with E-state index in [9.17, 15) is 4.79 Å². The van der Waals surface area contributed by atoms with Crippen molar-refractivity contribution in [3.63, 3.8) is 0 Å². The lowest BCUT2D eigenvalue weighted by molar-refractivity contribution is 0.0692. The van der Waals surface area contributed by atoms with Gasteiger partial charge in [0.25, 0.3) is 0 Å². The molecule has 4 nitrogen and oxygen atoms in total. The summed E-state index contributed by atoms with van der Waals surface area (Å²) in [5.74, 6) is -1.04. The van der Waals surface area contributed by atoms with E-state index in [4.69, 9.17) is 5.11 Å². The number of hydrogen-bond acceptors (Lipinski definition) is 4. The number of nitrogens with zero attached hydrogens (tertiary/aromatic N) is 1. The van der Waals surface area contributed by atoms with E-state index in [1.165, 1.54) is 16.8 Å². The van der Waals surface area contributed by atoms with Gasteiger partial charge in [0.15, 0.2) is 5.69 Å². The van der Waals surface area contributed by atoms with Crippen LogP contribution in [0.25, 0.3) is 0 Å². The molecule has 0 radical (unpaired) electrons. The number of anilines is 2. The Morgan fingerprint density at radius 3 is 2.82 bits per heavy atom. The minimum absolute atomic E-state index is 0.0322. The molecule has 1 aromatic carbocycles. The molecule has 0 saturated heterocycles. The molecule has 0 spiro atoms. The van der Waals surface area contributed by atoms with Gasteiger partial charge >= 0.3 is 5.97 Å². The molecule has 0 aliphatic rings. The van der Waals surface area contributed by atoms with E-state index in [2.05, 4.69) is 42.2 Å². The standard InChI is InChI=1S/C10H6Br2N2O2S/c11-5-1-2-7(6(12)3-5)14-9-8(10(15)16)13-4-17-9/h1-4,14H,(H,15,16). The molecule has 0 aliphatic heterocycles. The zero-order chi connectivity index (χ0) is 12.4. The fourth-order valence-corrected chi connectivity index (χ4v) is 3.03. The SMILES string of the molecule is O=C(O)c1ncsc1Nc1ccc(Br)cc1Br. The molecule has 0 fully saturated rings. The molecule has 2 aromatic rings. The quantitative estimate of drug-likeness (QED) is 0.844. The lowest BCUT2D eigenvalue weighted by Gasteiger charge is -2.07. The van der Waals surface area contributed by atoms with Crippen molar-refractivity contribution in [3.8, 4) is 0 Å². The molecule has 0 amide bonds. The Hall–Kier alpha value is -0.920. The predicted molar refractivity (Wildman–Crippen MR) is 74.2 cm³/mol. The second-order valence-electron chi connectivity index (χ2n) is 3.08. The largest absolute Gasteiger partial charge is 0.476 e. The Morgan fingerprint density at radius 1 is 1.41 bits per heavy atom. The molecule has 2 rings (SSSR count). The first-order valence-electron chi connectivity index (χ1n) is 4.47. The highest BCUT2D eigenvalue weighted by atomic mass is 79.9.